The maximum atomic E-state index is 13.6. The summed E-state index contributed by atoms with van der Waals surface area (Å²) in [6.07, 6.45) is 3.35. The van der Waals surface area contributed by atoms with Crippen LogP contribution in [0.15, 0.2) is 12.1 Å². The van der Waals surface area contributed by atoms with Gasteiger partial charge in [-0.2, -0.15) is 5.26 Å². The van der Waals surface area contributed by atoms with Crippen molar-refractivity contribution in [3.63, 3.8) is 0 Å². The number of alkyl halides is 2. The highest BCUT2D eigenvalue weighted by molar-refractivity contribution is 5.98. The van der Waals surface area contributed by atoms with Gasteiger partial charge in [0.25, 0.3) is 11.8 Å². The minimum absolute atomic E-state index is 0.0837. The lowest BCUT2D eigenvalue weighted by Gasteiger charge is -2.38. The number of carbonyl (C=O) groups excluding carboxylic acids is 2. The molecule has 11 heteroatoms. The molecule has 9 nitrogen and oxygen atoms in total. The van der Waals surface area contributed by atoms with Crippen molar-refractivity contribution in [2.75, 3.05) is 7.11 Å². The van der Waals surface area contributed by atoms with Crippen molar-refractivity contribution in [2.24, 2.45) is 23.2 Å². The number of carboxylic acids is 1. The number of nitrogens with one attached hydrogen (secondary N) is 2. The second kappa shape index (κ2) is 10.5. The highest BCUT2D eigenvalue weighted by atomic mass is 19.3. The third-order valence-corrected chi connectivity index (χ3v) is 9.47. The predicted molar refractivity (Wildman–Crippen MR) is 138 cm³/mol. The molecule has 0 aliphatic heterocycles. The molecule has 0 unspecified atom stereocenters. The minimum Gasteiger partial charge on any atom is -0.496 e. The van der Waals surface area contributed by atoms with Crippen molar-refractivity contribution >= 4 is 17.8 Å². The molecule has 0 heterocycles. The van der Waals surface area contributed by atoms with Crippen LogP contribution >= 0.6 is 0 Å². The van der Waals surface area contributed by atoms with E-state index in [1.54, 1.807) is 6.92 Å². The van der Waals surface area contributed by atoms with E-state index < -0.39 is 41.2 Å². The van der Waals surface area contributed by atoms with Gasteiger partial charge in [-0.3, -0.25) is 14.4 Å². The Labute approximate surface area is 231 Å². The number of ether oxygens (including phenoxy) is 2. The molecule has 4 aliphatic carbocycles. The van der Waals surface area contributed by atoms with Crippen molar-refractivity contribution in [1.29, 1.82) is 5.26 Å². The summed E-state index contributed by atoms with van der Waals surface area (Å²) in [7, 11) is 1.39. The van der Waals surface area contributed by atoms with E-state index in [2.05, 4.69) is 16.7 Å². The van der Waals surface area contributed by atoms with Crippen LogP contribution in [0.5, 0.6) is 11.5 Å². The quantitative estimate of drug-likeness (QED) is 0.437. The largest absolute Gasteiger partial charge is 0.496 e. The van der Waals surface area contributed by atoms with E-state index in [-0.39, 0.29) is 59.3 Å². The monoisotopic (exact) mass is 559 g/mol. The number of amides is 2. The smallest absolute Gasteiger partial charge is 0.309 e. The van der Waals surface area contributed by atoms with Crippen LogP contribution in [0.2, 0.25) is 0 Å². The molecule has 2 bridgehead atoms. The van der Waals surface area contributed by atoms with Gasteiger partial charge in [0.2, 0.25) is 5.91 Å². The van der Waals surface area contributed by atoms with E-state index in [0.717, 1.165) is 19.3 Å². The number of benzene rings is 1. The van der Waals surface area contributed by atoms with Gasteiger partial charge in [0, 0.05) is 31.0 Å². The number of methoxy groups -OCH3 is 1. The van der Waals surface area contributed by atoms with Crippen molar-refractivity contribution in [1.82, 2.24) is 10.6 Å². The lowest BCUT2D eigenvalue weighted by atomic mass is 9.75. The number of hydrogen-bond acceptors (Lipinski definition) is 6. The topological polar surface area (TPSA) is 138 Å². The molecule has 3 N–H and O–H groups in total. The Kier molecular flexibility index (Phi) is 7.40. The predicted octanol–water partition coefficient (Wildman–Crippen LogP) is 4.04. The van der Waals surface area contributed by atoms with E-state index in [4.69, 9.17) is 9.47 Å². The van der Waals surface area contributed by atoms with Gasteiger partial charge in [0.15, 0.2) is 0 Å². The van der Waals surface area contributed by atoms with Crippen LogP contribution in [0.4, 0.5) is 8.78 Å². The first-order chi connectivity index (χ1) is 18.9. The number of aliphatic carboxylic acids is 1. The van der Waals surface area contributed by atoms with Crippen LogP contribution in [-0.2, 0) is 9.59 Å². The molecule has 0 saturated heterocycles. The summed E-state index contributed by atoms with van der Waals surface area (Å²) in [6, 6.07) is 3.99. The van der Waals surface area contributed by atoms with E-state index in [0.29, 0.717) is 25.7 Å². The number of rotatable bonds is 8. The Morgan fingerprint density at radius 2 is 1.73 bits per heavy atom. The molecule has 40 heavy (non-hydrogen) atoms. The van der Waals surface area contributed by atoms with E-state index >= 15 is 0 Å². The number of fused-ring (bicyclic) bond motifs is 2. The van der Waals surface area contributed by atoms with Gasteiger partial charge in [-0.15, -0.1) is 0 Å². The average Bonchev–Trinajstić information content (AvgIpc) is 3.50. The second-order valence-corrected chi connectivity index (χ2v) is 12.2. The lowest BCUT2D eigenvalue weighted by Crippen LogP contribution is -2.56. The zero-order valence-corrected chi connectivity index (χ0v) is 22.7. The molecule has 216 valence electrons. The molecular weight excluding hydrogens is 524 g/mol. The Bertz CT molecular complexity index is 1230. The number of carboxylic acid groups (broad SMARTS) is 1. The fraction of sp³-hybridized carbons (Fsp3) is 0.655. The highest BCUT2D eigenvalue weighted by Crippen LogP contribution is 2.49. The summed E-state index contributed by atoms with van der Waals surface area (Å²) < 4.78 is 38.1. The third-order valence-electron chi connectivity index (χ3n) is 9.47. The number of halogens is 2. The fourth-order valence-electron chi connectivity index (χ4n) is 7.00. The first-order valence-corrected chi connectivity index (χ1v) is 13.9. The third kappa shape index (κ3) is 5.32. The molecule has 1 aromatic carbocycles. The molecular formula is C29H35F2N3O6. The molecule has 1 aromatic rings. The molecule has 0 aromatic heterocycles. The van der Waals surface area contributed by atoms with Crippen LogP contribution in [0.3, 0.4) is 0 Å². The van der Waals surface area contributed by atoms with Crippen LogP contribution in [0.25, 0.3) is 0 Å². The zero-order chi connectivity index (χ0) is 28.8. The fourth-order valence-corrected chi connectivity index (χ4v) is 7.00. The van der Waals surface area contributed by atoms with Crippen molar-refractivity contribution in [2.45, 2.75) is 88.8 Å². The first-order valence-electron chi connectivity index (χ1n) is 13.9. The maximum absolute atomic E-state index is 13.6. The van der Waals surface area contributed by atoms with Crippen LogP contribution < -0.4 is 20.1 Å². The number of hydrogen-bond donors (Lipinski definition) is 3. The Morgan fingerprint density at radius 1 is 1.05 bits per heavy atom. The summed E-state index contributed by atoms with van der Waals surface area (Å²) >= 11 is 0. The molecule has 5 rings (SSSR count). The molecule has 0 spiro atoms. The normalized spacial score (nSPS) is 32.4. The summed E-state index contributed by atoms with van der Waals surface area (Å²) in [5, 5.41) is 25.0. The van der Waals surface area contributed by atoms with Crippen LogP contribution in [-0.4, -0.2) is 54.1 Å². The molecule has 2 amide bonds. The number of nitrogens with zero attached hydrogens (tertiary/aromatic N) is 1. The Morgan fingerprint density at radius 3 is 2.33 bits per heavy atom. The Balaban J connectivity index is 1.31. The number of nitriles is 1. The van der Waals surface area contributed by atoms with Gasteiger partial charge in [0.05, 0.1) is 35.7 Å². The van der Waals surface area contributed by atoms with Gasteiger partial charge in [-0.25, -0.2) is 8.78 Å². The summed E-state index contributed by atoms with van der Waals surface area (Å²) in [5.41, 5.74) is -0.469. The van der Waals surface area contributed by atoms with Gasteiger partial charge in [-0.1, -0.05) is 0 Å². The second-order valence-electron chi connectivity index (χ2n) is 12.2. The molecule has 4 atom stereocenters. The van der Waals surface area contributed by atoms with E-state index in [1.807, 2.05) is 0 Å². The highest BCUT2D eigenvalue weighted by Gasteiger charge is 2.53. The molecule has 4 fully saturated rings. The standard InChI is InChI=1S/C29H35F2N3O6/c1-28(27(37)38)7-5-19(6-8-28)40-21-11-20(22(39-2)10-17(21)14-32)25(35)34-24-16-4-3-15(9-16)23(24)26(36)33-18-12-29(30,31)13-18/h10-11,15-16,18-19,23-24H,3-9,12-13H2,1-2H3,(H,33,36)(H,34,35)(H,37,38)/t15-,16+,19-,23+,24-,28+/m1/s1. The zero-order valence-electron chi connectivity index (χ0n) is 22.7. The van der Waals surface area contributed by atoms with E-state index in [1.165, 1.54) is 19.2 Å². The Hall–Kier alpha value is -3.42. The van der Waals surface area contributed by atoms with Crippen LogP contribution in [0, 0.1) is 34.5 Å². The van der Waals surface area contributed by atoms with E-state index in [9.17, 15) is 33.5 Å². The van der Waals surface area contributed by atoms with Crippen LogP contribution in [0.1, 0.15) is 80.6 Å². The molecule has 0 radical (unpaired) electrons. The van der Waals surface area contributed by atoms with Gasteiger partial charge in [-0.05, 0) is 69.8 Å². The van der Waals surface area contributed by atoms with Gasteiger partial charge in [0.1, 0.15) is 17.6 Å². The number of carbonyl (C=O) groups is 3. The summed E-state index contributed by atoms with van der Waals surface area (Å²) in [4.78, 5) is 38.3. The van der Waals surface area contributed by atoms with Gasteiger partial charge < -0.3 is 25.2 Å². The SMILES string of the molecule is COc1cc(C#N)c(O[C@H]2CC[C@@](C)(C(=O)O)CC2)cc1C(=O)N[C@@H]1[C@H]2CC[C@H](C2)[C@@H]1C(=O)NC1CC(F)(F)C1. The minimum atomic E-state index is -2.74. The van der Waals surface area contributed by atoms with Crippen molar-refractivity contribution in [3.8, 4) is 17.6 Å². The molecule has 4 aliphatic rings. The van der Waals surface area contributed by atoms with Crippen molar-refractivity contribution < 1.29 is 37.7 Å². The summed E-state index contributed by atoms with van der Waals surface area (Å²) in [6.45, 7) is 1.72. The summed E-state index contributed by atoms with van der Waals surface area (Å²) in [5.74, 6) is -4.25. The lowest BCUT2D eigenvalue weighted by molar-refractivity contribution is -0.150. The average molecular weight is 560 g/mol. The maximum Gasteiger partial charge on any atom is 0.309 e. The first kappa shape index (κ1) is 28.1. The molecule has 4 saturated carbocycles. The van der Waals surface area contributed by atoms with Gasteiger partial charge >= 0.3 is 5.97 Å². The van der Waals surface area contributed by atoms with Crippen molar-refractivity contribution in [3.05, 3.63) is 23.3 Å².